The van der Waals surface area contributed by atoms with Crippen LogP contribution < -0.4 is 18.9 Å². The molecular weight excluding hydrogens is 392 g/mol. The van der Waals surface area contributed by atoms with Crippen molar-refractivity contribution < 1.29 is 18.9 Å². The van der Waals surface area contributed by atoms with Gasteiger partial charge in [-0.1, -0.05) is 24.3 Å². The number of fused-ring (bicyclic) bond motifs is 3. The Bertz CT molecular complexity index is 1130. The van der Waals surface area contributed by atoms with Gasteiger partial charge < -0.3 is 18.9 Å². The number of hydrogen-bond acceptors (Lipinski definition) is 6. The summed E-state index contributed by atoms with van der Waals surface area (Å²) in [6, 6.07) is 22.0. The highest BCUT2D eigenvalue weighted by Gasteiger charge is 2.42. The van der Waals surface area contributed by atoms with E-state index in [0.717, 1.165) is 51.8 Å². The molecule has 3 aromatic rings. The molecule has 2 atom stereocenters. The van der Waals surface area contributed by atoms with E-state index in [0.29, 0.717) is 0 Å². The summed E-state index contributed by atoms with van der Waals surface area (Å²) in [4.78, 5) is 0. The molecule has 0 radical (unpaired) electrons. The lowest BCUT2D eigenvalue weighted by Crippen LogP contribution is -2.33. The van der Waals surface area contributed by atoms with E-state index in [1.807, 2.05) is 54.6 Å². The van der Waals surface area contributed by atoms with Gasteiger partial charge in [0.25, 0.3) is 0 Å². The standard InChI is InChI=1S/C25H24N2O4/c1-28-18-12-10-16(11-13-18)25-27-22(20-8-5-9-23(30-3)24(20)31-25)15-21(26-27)17-6-4-7-19(14-17)29-2/h4-14,22,25H,15H2,1-3H3/t22-,25-/m1/s1. The largest absolute Gasteiger partial charge is 0.497 e. The number of hydrazone groups is 1. The molecule has 3 aromatic carbocycles. The summed E-state index contributed by atoms with van der Waals surface area (Å²) in [6.07, 6.45) is 0.395. The van der Waals surface area contributed by atoms with Gasteiger partial charge in [-0.05, 0) is 42.5 Å². The molecule has 0 saturated carbocycles. The first-order valence-corrected chi connectivity index (χ1v) is 10.2. The minimum absolute atomic E-state index is 0.0483. The molecule has 0 aromatic heterocycles. The molecule has 158 valence electrons. The molecule has 0 amide bonds. The summed E-state index contributed by atoms with van der Waals surface area (Å²) >= 11 is 0. The van der Waals surface area contributed by atoms with E-state index in [-0.39, 0.29) is 12.3 Å². The Morgan fingerprint density at radius 3 is 2.39 bits per heavy atom. The summed E-state index contributed by atoms with van der Waals surface area (Å²) in [5.41, 5.74) is 4.12. The van der Waals surface area contributed by atoms with E-state index in [9.17, 15) is 0 Å². The highest BCUT2D eigenvalue weighted by atomic mass is 16.5. The summed E-state index contributed by atoms with van der Waals surface area (Å²) in [6.45, 7) is 0. The predicted octanol–water partition coefficient (Wildman–Crippen LogP) is 4.95. The van der Waals surface area contributed by atoms with E-state index in [4.69, 9.17) is 24.0 Å². The zero-order valence-electron chi connectivity index (χ0n) is 17.7. The molecule has 0 bridgehead atoms. The first-order valence-electron chi connectivity index (χ1n) is 10.2. The zero-order chi connectivity index (χ0) is 21.4. The van der Waals surface area contributed by atoms with Crippen LogP contribution >= 0.6 is 0 Å². The molecule has 2 aliphatic heterocycles. The number of rotatable bonds is 5. The van der Waals surface area contributed by atoms with Crippen molar-refractivity contribution in [1.29, 1.82) is 0 Å². The SMILES string of the molecule is COc1ccc([C@H]2Oc3c(OC)cccc3[C@H]3CC(c4cccc(OC)c4)=NN32)cc1. The minimum Gasteiger partial charge on any atom is -0.497 e. The Balaban J connectivity index is 1.59. The van der Waals surface area contributed by atoms with Crippen LogP contribution in [0.15, 0.2) is 71.8 Å². The zero-order valence-corrected chi connectivity index (χ0v) is 17.7. The number of nitrogens with zero attached hydrogens (tertiary/aromatic N) is 2. The lowest BCUT2D eigenvalue weighted by molar-refractivity contribution is -0.0209. The van der Waals surface area contributed by atoms with Gasteiger partial charge in [-0.2, -0.15) is 5.10 Å². The monoisotopic (exact) mass is 416 g/mol. The van der Waals surface area contributed by atoms with Gasteiger partial charge in [0, 0.05) is 23.1 Å². The van der Waals surface area contributed by atoms with Gasteiger partial charge in [-0.3, -0.25) is 0 Å². The molecule has 0 N–H and O–H groups in total. The van der Waals surface area contributed by atoms with Crippen molar-refractivity contribution in [1.82, 2.24) is 5.01 Å². The van der Waals surface area contributed by atoms with E-state index < -0.39 is 0 Å². The summed E-state index contributed by atoms with van der Waals surface area (Å²) < 4.78 is 22.8. The van der Waals surface area contributed by atoms with Crippen LogP contribution in [0, 0.1) is 0 Å². The van der Waals surface area contributed by atoms with Gasteiger partial charge in [-0.25, -0.2) is 5.01 Å². The van der Waals surface area contributed by atoms with Crippen LogP contribution in [0.5, 0.6) is 23.0 Å². The van der Waals surface area contributed by atoms with Crippen LogP contribution in [0.3, 0.4) is 0 Å². The normalized spacial score (nSPS) is 19.1. The Labute approximate surface area is 181 Å². The molecule has 31 heavy (non-hydrogen) atoms. The van der Waals surface area contributed by atoms with Gasteiger partial charge in [-0.15, -0.1) is 0 Å². The quantitative estimate of drug-likeness (QED) is 0.589. The van der Waals surface area contributed by atoms with Crippen LogP contribution in [0.25, 0.3) is 0 Å². The smallest absolute Gasteiger partial charge is 0.214 e. The lowest BCUT2D eigenvalue weighted by Gasteiger charge is -2.38. The van der Waals surface area contributed by atoms with Crippen molar-refractivity contribution in [3.05, 3.63) is 83.4 Å². The van der Waals surface area contributed by atoms with Crippen LogP contribution in [0.1, 0.15) is 35.4 Å². The number of methoxy groups -OCH3 is 3. The minimum atomic E-state index is -0.372. The molecule has 5 rings (SSSR count). The molecule has 0 saturated heterocycles. The molecule has 0 spiro atoms. The summed E-state index contributed by atoms with van der Waals surface area (Å²) in [5.74, 6) is 3.12. The lowest BCUT2D eigenvalue weighted by atomic mass is 9.95. The second kappa shape index (κ2) is 7.87. The van der Waals surface area contributed by atoms with Crippen molar-refractivity contribution in [2.45, 2.75) is 18.7 Å². The molecule has 0 fully saturated rings. The van der Waals surface area contributed by atoms with Gasteiger partial charge in [0.15, 0.2) is 11.5 Å². The fraction of sp³-hybridized carbons (Fsp3) is 0.240. The highest BCUT2D eigenvalue weighted by Crippen LogP contribution is 2.50. The summed E-state index contributed by atoms with van der Waals surface area (Å²) in [5, 5.41) is 7.06. The maximum Gasteiger partial charge on any atom is 0.214 e. The first kappa shape index (κ1) is 19.3. The molecule has 6 heteroatoms. The third-order valence-electron chi connectivity index (χ3n) is 5.80. The molecule has 0 aliphatic carbocycles. The van der Waals surface area contributed by atoms with Crippen molar-refractivity contribution in [2.75, 3.05) is 21.3 Å². The van der Waals surface area contributed by atoms with Gasteiger partial charge in [0.1, 0.15) is 11.5 Å². The topological polar surface area (TPSA) is 52.5 Å². The van der Waals surface area contributed by atoms with Gasteiger partial charge in [0.05, 0.1) is 33.1 Å². The Kier molecular flexibility index (Phi) is 4.90. The Hall–Kier alpha value is -3.67. The first-order chi connectivity index (χ1) is 15.2. The fourth-order valence-electron chi connectivity index (χ4n) is 4.21. The average molecular weight is 416 g/mol. The van der Waals surface area contributed by atoms with E-state index in [2.05, 4.69) is 17.1 Å². The fourth-order valence-corrected chi connectivity index (χ4v) is 4.21. The predicted molar refractivity (Wildman–Crippen MR) is 118 cm³/mol. The Morgan fingerprint density at radius 2 is 1.65 bits per heavy atom. The van der Waals surface area contributed by atoms with Crippen molar-refractivity contribution in [3.8, 4) is 23.0 Å². The van der Waals surface area contributed by atoms with E-state index in [1.165, 1.54) is 0 Å². The van der Waals surface area contributed by atoms with E-state index >= 15 is 0 Å². The van der Waals surface area contributed by atoms with Crippen molar-refractivity contribution in [2.24, 2.45) is 5.10 Å². The molecule has 0 unspecified atom stereocenters. The van der Waals surface area contributed by atoms with Crippen molar-refractivity contribution in [3.63, 3.8) is 0 Å². The second-order valence-electron chi connectivity index (χ2n) is 7.50. The Morgan fingerprint density at radius 1 is 0.871 bits per heavy atom. The third-order valence-corrected chi connectivity index (χ3v) is 5.80. The number of ether oxygens (including phenoxy) is 4. The average Bonchev–Trinajstić information content (AvgIpc) is 3.29. The van der Waals surface area contributed by atoms with E-state index in [1.54, 1.807) is 21.3 Å². The third kappa shape index (κ3) is 3.34. The van der Waals surface area contributed by atoms with Crippen LogP contribution in [0.4, 0.5) is 0 Å². The molecule has 6 nitrogen and oxygen atoms in total. The molecule has 2 heterocycles. The maximum atomic E-state index is 6.48. The second-order valence-corrected chi connectivity index (χ2v) is 7.50. The van der Waals surface area contributed by atoms with Gasteiger partial charge in [0.2, 0.25) is 6.23 Å². The maximum absolute atomic E-state index is 6.48. The van der Waals surface area contributed by atoms with Crippen molar-refractivity contribution >= 4 is 5.71 Å². The van der Waals surface area contributed by atoms with Crippen LogP contribution in [0.2, 0.25) is 0 Å². The number of hydrogen-bond donors (Lipinski definition) is 0. The number of para-hydroxylation sites is 1. The molecule has 2 aliphatic rings. The van der Waals surface area contributed by atoms with Crippen LogP contribution in [-0.4, -0.2) is 32.0 Å². The van der Waals surface area contributed by atoms with Crippen LogP contribution in [-0.2, 0) is 0 Å². The summed E-state index contributed by atoms with van der Waals surface area (Å²) in [7, 11) is 5.00. The van der Waals surface area contributed by atoms with Gasteiger partial charge >= 0.3 is 0 Å². The highest BCUT2D eigenvalue weighted by molar-refractivity contribution is 6.02. The molecular formula is C25H24N2O4. The number of benzene rings is 3.